The van der Waals surface area contributed by atoms with Crippen LogP contribution >= 0.6 is 0 Å². The van der Waals surface area contributed by atoms with Crippen LogP contribution in [0.15, 0.2) is 0 Å². The lowest BCUT2D eigenvalue weighted by molar-refractivity contribution is 0.0655. The Labute approximate surface area is 81.1 Å². The summed E-state index contributed by atoms with van der Waals surface area (Å²) in [6.07, 6.45) is 2.47. The zero-order valence-electron chi connectivity index (χ0n) is 9.01. The molecule has 0 spiro atoms. The number of aliphatic hydroxyl groups excluding tert-OH is 1. The number of rotatable bonds is 3. The minimum Gasteiger partial charge on any atom is -0.395 e. The van der Waals surface area contributed by atoms with E-state index in [2.05, 4.69) is 31.1 Å². The number of likely N-dealkylation sites (N-methyl/N-ethyl adjacent to an activating group) is 1. The second-order valence-electron chi connectivity index (χ2n) is 4.45. The Morgan fingerprint density at radius 1 is 1.54 bits per heavy atom. The lowest BCUT2D eigenvalue weighted by Gasteiger charge is -2.46. The highest BCUT2D eigenvalue weighted by Crippen LogP contribution is 2.25. The van der Waals surface area contributed by atoms with E-state index in [1.807, 2.05) is 0 Å². The van der Waals surface area contributed by atoms with Crippen molar-refractivity contribution in [2.45, 2.75) is 38.3 Å². The van der Waals surface area contributed by atoms with Crippen LogP contribution in [0.3, 0.4) is 0 Å². The lowest BCUT2D eigenvalue weighted by atomic mass is 9.85. The fraction of sp³-hybridized carbons (Fsp3) is 1.00. The first-order valence-electron chi connectivity index (χ1n) is 5.14. The Hall–Kier alpha value is -0.120. The molecule has 1 fully saturated rings. The smallest absolute Gasteiger partial charge is 0.0556 e. The maximum atomic E-state index is 8.76. The first kappa shape index (κ1) is 11.0. The molecule has 0 radical (unpaired) electrons. The number of hydrogen-bond acceptors (Lipinski definition) is 3. The molecule has 2 N–H and O–H groups in total. The lowest BCUT2D eigenvalue weighted by Crippen LogP contribution is -2.59. The van der Waals surface area contributed by atoms with Crippen molar-refractivity contribution < 1.29 is 5.11 Å². The minimum absolute atomic E-state index is 0.216. The third-order valence-electron chi connectivity index (χ3n) is 3.33. The second kappa shape index (κ2) is 4.40. The quantitative estimate of drug-likeness (QED) is 0.671. The van der Waals surface area contributed by atoms with E-state index in [1.165, 1.54) is 19.4 Å². The van der Waals surface area contributed by atoms with E-state index in [-0.39, 0.29) is 12.1 Å². The first-order chi connectivity index (χ1) is 6.09. The van der Waals surface area contributed by atoms with Gasteiger partial charge in [-0.1, -0.05) is 0 Å². The summed E-state index contributed by atoms with van der Waals surface area (Å²) in [5.74, 6) is 0. The molecule has 0 aromatic rings. The van der Waals surface area contributed by atoms with Crippen LogP contribution in [-0.2, 0) is 0 Å². The molecule has 1 heterocycles. The highest BCUT2D eigenvalue weighted by Gasteiger charge is 2.35. The Kier molecular flexibility index (Phi) is 3.71. The van der Waals surface area contributed by atoms with E-state index in [1.54, 1.807) is 0 Å². The third-order valence-corrected chi connectivity index (χ3v) is 3.33. The van der Waals surface area contributed by atoms with E-state index in [4.69, 9.17) is 5.11 Å². The van der Waals surface area contributed by atoms with Gasteiger partial charge >= 0.3 is 0 Å². The van der Waals surface area contributed by atoms with Gasteiger partial charge in [0.1, 0.15) is 0 Å². The van der Waals surface area contributed by atoms with Gasteiger partial charge in [-0.05, 0) is 40.3 Å². The number of likely N-dealkylation sites (tertiary alicyclic amines) is 1. The average Bonchev–Trinajstić information content (AvgIpc) is 2.08. The molecule has 1 aliphatic rings. The molecule has 13 heavy (non-hydrogen) atoms. The summed E-state index contributed by atoms with van der Waals surface area (Å²) in [4.78, 5) is 2.39. The number of piperidine rings is 1. The fourth-order valence-corrected chi connectivity index (χ4v) is 2.03. The number of nitrogens with zero attached hydrogens (tertiary/aromatic N) is 1. The maximum absolute atomic E-state index is 8.76. The molecule has 1 aliphatic heterocycles. The second-order valence-corrected chi connectivity index (χ2v) is 4.45. The first-order valence-corrected chi connectivity index (χ1v) is 5.14. The Bertz CT molecular complexity index is 159. The molecule has 0 aromatic carbocycles. The summed E-state index contributed by atoms with van der Waals surface area (Å²) in [5.41, 5.74) is 0.216. The standard InChI is InChI=1S/C10H22N2O/c1-10(2)9(11-6-8-13)5-4-7-12(10)3/h9,11,13H,4-8H2,1-3H3. The predicted molar refractivity (Wildman–Crippen MR) is 54.8 cm³/mol. The molecule has 3 heteroatoms. The van der Waals surface area contributed by atoms with Crippen molar-refractivity contribution in [3.63, 3.8) is 0 Å². The van der Waals surface area contributed by atoms with Crippen molar-refractivity contribution >= 4 is 0 Å². The zero-order valence-corrected chi connectivity index (χ0v) is 9.01. The molecular weight excluding hydrogens is 164 g/mol. The molecule has 3 nitrogen and oxygen atoms in total. The van der Waals surface area contributed by atoms with Gasteiger partial charge < -0.3 is 10.4 Å². The number of aliphatic hydroxyl groups is 1. The van der Waals surface area contributed by atoms with Gasteiger partial charge in [-0.15, -0.1) is 0 Å². The number of hydrogen-bond donors (Lipinski definition) is 2. The van der Waals surface area contributed by atoms with Gasteiger partial charge in [0, 0.05) is 18.1 Å². The van der Waals surface area contributed by atoms with Gasteiger partial charge in [0.25, 0.3) is 0 Å². The zero-order chi connectivity index (χ0) is 9.90. The number of nitrogens with one attached hydrogen (secondary N) is 1. The molecule has 0 saturated carbocycles. The van der Waals surface area contributed by atoms with Crippen molar-refractivity contribution in [3.8, 4) is 0 Å². The Balaban J connectivity index is 2.50. The van der Waals surface area contributed by atoms with Gasteiger partial charge in [-0.3, -0.25) is 4.90 Å². The molecular formula is C10H22N2O. The average molecular weight is 186 g/mol. The van der Waals surface area contributed by atoms with E-state index in [0.29, 0.717) is 12.6 Å². The normalized spacial score (nSPS) is 29.1. The van der Waals surface area contributed by atoms with Crippen molar-refractivity contribution in [1.82, 2.24) is 10.2 Å². The summed E-state index contributed by atoms with van der Waals surface area (Å²) in [5, 5.41) is 12.2. The summed E-state index contributed by atoms with van der Waals surface area (Å²) >= 11 is 0. The van der Waals surface area contributed by atoms with Crippen molar-refractivity contribution in [3.05, 3.63) is 0 Å². The minimum atomic E-state index is 0.216. The summed E-state index contributed by atoms with van der Waals surface area (Å²) in [6.45, 7) is 6.66. The third kappa shape index (κ3) is 2.42. The van der Waals surface area contributed by atoms with E-state index in [9.17, 15) is 0 Å². The molecule has 0 bridgehead atoms. The highest BCUT2D eigenvalue weighted by molar-refractivity contribution is 4.95. The van der Waals surface area contributed by atoms with Crippen LogP contribution in [0.5, 0.6) is 0 Å². The largest absolute Gasteiger partial charge is 0.395 e. The molecule has 78 valence electrons. The van der Waals surface area contributed by atoms with Crippen LogP contribution in [0.25, 0.3) is 0 Å². The molecule has 1 atom stereocenters. The molecule has 1 saturated heterocycles. The molecule has 1 rings (SSSR count). The van der Waals surface area contributed by atoms with E-state index in [0.717, 1.165) is 0 Å². The molecule has 0 aliphatic carbocycles. The van der Waals surface area contributed by atoms with Crippen molar-refractivity contribution in [1.29, 1.82) is 0 Å². The summed E-state index contributed by atoms with van der Waals surface area (Å²) < 4.78 is 0. The van der Waals surface area contributed by atoms with Crippen LogP contribution in [-0.4, -0.2) is 48.3 Å². The van der Waals surface area contributed by atoms with E-state index < -0.39 is 0 Å². The van der Waals surface area contributed by atoms with Gasteiger partial charge in [-0.2, -0.15) is 0 Å². The van der Waals surface area contributed by atoms with Crippen LogP contribution in [0.2, 0.25) is 0 Å². The highest BCUT2D eigenvalue weighted by atomic mass is 16.3. The molecule has 0 amide bonds. The van der Waals surface area contributed by atoms with Gasteiger partial charge in [0.2, 0.25) is 0 Å². The monoisotopic (exact) mass is 186 g/mol. The summed E-state index contributed by atoms with van der Waals surface area (Å²) in [6, 6.07) is 0.512. The van der Waals surface area contributed by atoms with Gasteiger partial charge in [0.15, 0.2) is 0 Å². The molecule has 0 aromatic heterocycles. The van der Waals surface area contributed by atoms with E-state index >= 15 is 0 Å². The summed E-state index contributed by atoms with van der Waals surface area (Å²) in [7, 11) is 2.17. The van der Waals surface area contributed by atoms with Crippen molar-refractivity contribution in [2.24, 2.45) is 0 Å². The van der Waals surface area contributed by atoms with Crippen LogP contribution in [0, 0.1) is 0 Å². The predicted octanol–water partition coefficient (Wildman–Crippen LogP) is 0.441. The fourth-order valence-electron chi connectivity index (χ4n) is 2.03. The van der Waals surface area contributed by atoms with Gasteiger partial charge in [-0.25, -0.2) is 0 Å². The van der Waals surface area contributed by atoms with Gasteiger partial charge in [0.05, 0.1) is 6.61 Å². The van der Waals surface area contributed by atoms with Crippen LogP contribution < -0.4 is 5.32 Å². The topological polar surface area (TPSA) is 35.5 Å². The van der Waals surface area contributed by atoms with Crippen LogP contribution in [0.1, 0.15) is 26.7 Å². The van der Waals surface area contributed by atoms with Crippen LogP contribution in [0.4, 0.5) is 0 Å². The SMILES string of the molecule is CN1CCCC(NCCO)C1(C)C. The Morgan fingerprint density at radius 3 is 2.85 bits per heavy atom. The van der Waals surface area contributed by atoms with Crippen molar-refractivity contribution in [2.75, 3.05) is 26.7 Å². The molecule has 1 unspecified atom stereocenters. The Morgan fingerprint density at radius 2 is 2.23 bits per heavy atom. The maximum Gasteiger partial charge on any atom is 0.0556 e.